The summed E-state index contributed by atoms with van der Waals surface area (Å²) in [5.74, 6) is 0.373. The third-order valence-corrected chi connectivity index (χ3v) is 4.31. The van der Waals surface area contributed by atoms with Gasteiger partial charge in [0.05, 0.1) is 13.2 Å². The molecule has 2 N–H and O–H groups in total. The first kappa shape index (κ1) is 21.2. The van der Waals surface area contributed by atoms with Gasteiger partial charge in [-0.05, 0) is 61.6 Å². The summed E-state index contributed by atoms with van der Waals surface area (Å²) in [6.07, 6.45) is 3.82. The van der Waals surface area contributed by atoms with Crippen molar-refractivity contribution >= 4 is 17.9 Å². The fraction of sp³-hybridized carbons (Fsp3) is 0.304. The zero-order valence-corrected chi connectivity index (χ0v) is 16.7. The molecular formula is C23H28N2O3. The third-order valence-electron chi connectivity index (χ3n) is 4.31. The van der Waals surface area contributed by atoms with E-state index in [4.69, 9.17) is 4.74 Å². The number of amides is 2. The SMILES string of the molecule is Cc1cc(C)c(C)c(OCCCNC(=O)CNC(=O)/C=C/c2ccccc2)c1. The van der Waals surface area contributed by atoms with Gasteiger partial charge in [0.15, 0.2) is 0 Å². The van der Waals surface area contributed by atoms with Crippen LogP contribution in [0.2, 0.25) is 0 Å². The number of rotatable bonds is 9. The molecule has 28 heavy (non-hydrogen) atoms. The van der Waals surface area contributed by atoms with E-state index in [1.807, 2.05) is 50.2 Å². The molecule has 2 aromatic carbocycles. The zero-order valence-electron chi connectivity index (χ0n) is 16.7. The molecule has 148 valence electrons. The van der Waals surface area contributed by atoms with Gasteiger partial charge in [-0.25, -0.2) is 0 Å². The lowest BCUT2D eigenvalue weighted by atomic mass is 10.1. The summed E-state index contributed by atoms with van der Waals surface area (Å²) in [6.45, 7) is 7.13. The van der Waals surface area contributed by atoms with Crippen molar-refractivity contribution in [3.63, 3.8) is 0 Å². The fourth-order valence-corrected chi connectivity index (χ4v) is 2.66. The van der Waals surface area contributed by atoms with Crippen molar-refractivity contribution in [3.8, 4) is 5.75 Å². The normalized spacial score (nSPS) is 10.7. The lowest BCUT2D eigenvalue weighted by Crippen LogP contribution is -2.36. The molecule has 0 saturated carbocycles. The molecule has 0 radical (unpaired) electrons. The Hall–Kier alpha value is -3.08. The molecule has 5 heteroatoms. The summed E-state index contributed by atoms with van der Waals surface area (Å²) >= 11 is 0. The molecule has 0 bridgehead atoms. The molecule has 0 atom stereocenters. The number of benzene rings is 2. The molecule has 2 amide bonds. The molecule has 5 nitrogen and oxygen atoms in total. The second-order valence-corrected chi connectivity index (χ2v) is 6.72. The van der Waals surface area contributed by atoms with Crippen LogP contribution in [0.1, 0.15) is 28.7 Å². The van der Waals surface area contributed by atoms with E-state index in [0.29, 0.717) is 19.6 Å². The molecule has 0 aliphatic carbocycles. The highest BCUT2D eigenvalue weighted by molar-refractivity contribution is 5.94. The summed E-state index contributed by atoms with van der Waals surface area (Å²) in [5, 5.41) is 5.35. The van der Waals surface area contributed by atoms with Crippen LogP contribution in [0.25, 0.3) is 6.08 Å². The number of aryl methyl sites for hydroxylation is 2. The van der Waals surface area contributed by atoms with Crippen LogP contribution in [-0.4, -0.2) is 31.5 Å². The van der Waals surface area contributed by atoms with Crippen LogP contribution < -0.4 is 15.4 Å². The van der Waals surface area contributed by atoms with Gasteiger partial charge in [-0.1, -0.05) is 36.4 Å². The summed E-state index contributed by atoms with van der Waals surface area (Å²) < 4.78 is 5.82. The van der Waals surface area contributed by atoms with E-state index in [2.05, 4.69) is 23.6 Å². The maximum Gasteiger partial charge on any atom is 0.244 e. The first-order valence-corrected chi connectivity index (χ1v) is 9.44. The van der Waals surface area contributed by atoms with Crippen LogP contribution in [0.15, 0.2) is 48.5 Å². The van der Waals surface area contributed by atoms with Crippen LogP contribution >= 0.6 is 0 Å². The standard InChI is InChI=1S/C23H28N2O3/c1-17-14-18(2)19(3)21(15-17)28-13-7-12-24-23(27)16-25-22(26)11-10-20-8-5-4-6-9-20/h4-6,8-11,14-15H,7,12-13,16H2,1-3H3,(H,24,27)(H,25,26)/b11-10+. The van der Waals surface area contributed by atoms with Gasteiger partial charge in [-0.15, -0.1) is 0 Å². The minimum absolute atomic E-state index is 0.0466. The van der Waals surface area contributed by atoms with Crippen LogP contribution in [0, 0.1) is 20.8 Å². The van der Waals surface area contributed by atoms with E-state index in [9.17, 15) is 9.59 Å². The Morgan fingerprint density at radius 2 is 1.79 bits per heavy atom. The maximum atomic E-state index is 11.8. The van der Waals surface area contributed by atoms with Crippen molar-refractivity contribution in [1.29, 1.82) is 0 Å². The van der Waals surface area contributed by atoms with Crippen molar-refractivity contribution in [3.05, 3.63) is 70.8 Å². The first-order chi connectivity index (χ1) is 13.5. The number of ether oxygens (including phenoxy) is 1. The van der Waals surface area contributed by atoms with Crippen molar-refractivity contribution in [1.82, 2.24) is 10.6 Å². The van der Waals surface area contributed by atoms with Gasteiger partial charge in [0.1, 0.15) is 5.75 Å². The summed E-state index contributed by atoms with van der Waals surface area (Å²) in [7, 11) is 0. The summed E-state index contributed by atoms with van der Waals surface area (Å²) in [5.41, 5.74) is 4.45. The van der Waals surface area contributed by atoms with Gasteiger partial charge in [0, 0.05) is 12.6 Å². The number of carbonyl (C=O) groups is 2. The smallest absolute Gasteiger partial charge is 0.244 e. The molecule has 2 aromatic rings. The van der Waals surface area contributed by atoms with Crippen LogP contribution in [0.3, 0.4) is 0 Å². The lowest BCUT2D eigenvalue weighted by molar-refractivity contribution is -0.123. The zero-order chi connectivity index (χ0) is 20.4. The Balaban J connectivity index is 1.61. The Morgan fingerprint density at radius 3 is 2.54 bits per heavy atom. The van der Waals surface area contributed by atoms with E-state index in [-0.39, 0.29) is 18.4 Å². The average Bonchev–Trinajstić information content (AvgIpc) is 2.68. The topological polar surface area (TPSA) is 67.4 Å². The Labute approximate surface area is 166 Å². The Bertz CT molecular complexity index is 829. The third kappa shape index (κ3) is 7.27. The molecule has 2 rings (SSSR count). The highest BCUT2D eigenvalue weighted by Gasteiger charge is 2.05. The van der Waals surface area contributed by atoms with Crippen molar-refractivity contribution in [2.75, 3.05) is 19.7 Å². The molecule has 0 aliphatic heterocycles. The quantitative estimate of drug-likeness (QED) is 0.518. The minimum atomic E-state index is -0.298. The second kappa shape index (κ2) is 10.9. The minimum Gasteiger partial charge on any atom is -0.493 e. The summed E-state index contributed by atoms with van der Waals surface area (Å²) in [4.78, 5) is 23.6. The number of carbonyl (C=O) groups excluding carboxylic acids is 2. The predicted octanol–water partition coefficient (Wildman–Crippen LogP) is 3.33. The molecule has 0 heterocycles. The molecule has 0 unspecified atom stereocenters. The van der Waals surface area contributed by atoms with Gasteiger partial charge in [-0.3, -0.25) is 9.59 Å². The number of nitrogens with one attached hydrogen (secondary N) is 2. The van der Waals surface area contributed by atoms with Gasteiger partial charge in [0.2, 0.25) is 11.8 Å². The molecule has 0 fully saturated rings. The van der Waals surface area contributed by atoms with E-state index >= 15 is 0 Å². The van der Waals surface area contributed by atoms with Crippen LogP contribution in [-0.2, 0) is 9.59 Å². The van der Waals surface area contributed by atoms with Gasteiger partial charge < -0.3 is 15.4 Å². The monoisotopic (exact) mass is 380 g/mol. The molecule has 0 spiro atoms. The predicted molar refractivity (Wildman–Crippen MR) is 112 cm³/mol. The number of hydrogen-bond acceptors (Lipinski definition) is 3. The first-order valence-electron chi connectivity index (χ1n) is 9.44. The molecular weight excluding hydrogens is 352 g/mol. The lowest BCUT2D eigenvalue weighted by Gasteiger charge is -2.12. The molecule has 0 saturated heterocycles. The number of hydrogen-bond donors (Lipinski definition) is 2. The highest BCUT2D eigenvalue weighted by atomic mass is 16.5. The Morgan fingerprint density at radius 1 is 1.04 bits per heavy atom. The maximum absolute atomic E-state index is 11.8. The van der Waals surface area contributed by atoms with Crippen LogP contribution in [0.4, 0.5) is 0 Å². The largest absolute Gasteiger partial charge is 0.493 e. The van der Waals surface area contributed by atoms with E-state index in [1.165, 1.54) is 17.2 Å². The average molecular weight is 380 g/mol. The Kier molecular flexibility index (Phi) is 8.28. The van der Waals surface area contributed by atoms with Crippen molar-refractivity contribution in [2.45, 2.75) is 27.2 Å². The fourth-order valence-electron chi connectivity index (χ4n) is 2.66. The van der Waals surface area contributed by atoms with E-state index in [1.54, 1.807) is 6.08 Å². The van der Waals surface area contributed by atoms with E-state index in [0.717, 1.165) is 16.9 Å². The molecule has 0 aromatic heterocycles. The van der Waals surface area contributed by atoms with E-state index < -0.39 is 0 Å². The molecule has 0 aliphatic rings. The second-order valence-electron chi connectivity index (χ2n) is 6.72. The van der Waals surface area contributed by atoms with Gasteiger partial charge in [-0.2, -0.15) is 0 Å². The van der Waals surface area contributed by atoms with Crippen LogP contribution in [0.5, 0.6) is 5.75 Å². The van der Waals surface area contributed by atoms with Gasteiger partial charge >= 0.3 is 0 Å². The highest BCUT2D eigenvalue weighted by Crippen LogP contribution is 2.23. The van der Waals surface area contributed by atoms with Gasteiger partial charge in [0.25, 0.3) is 0 Å². The summed E-state index contributed by atoms with van der Waals surface area (Å²) in [6, 6.07) is 13.7. The van der Waals surface area contributed by atoms with Crippen molar-refractivity contribution < 1.29 is 14.3 Å². The van der Waals surface area contributed by atoms with Crippen molar-refractivity contribution in [2.24, 2.45) is 0 Å².